The summed E-state index contributed by atoms with van der Waals surface area (Å²) in [6.07, 6.45) is 2.55. The van der Waals surface area contributed by atoms with Gasteiger partial charge in [0.25, 0.3) is 0 Å². The van der Waals surface area contributed by atoms with Crippen molar-refractivity contribution in [1.29, 1.82) is 0 Å². The van der Waals surface area contributed by atoms with Crippen LogP contribution >= 0.6 is 0 Å². The SMILES string of the molecule is CC(C)CCOc1ccc2c(c1)CCCS2(=O)=O. The highest BCUT2D eigenvalue weighted by Crippen LogP contribution is 2.28. The van der Waals surface area contributed by atoms with E-state index in [1.165, 1.54) is 0 Å². The Morgan fingerprint density at radius 2 is 2.11 bits per heavy atom. The third kappa shape index (κ3) is 3.05. The first-order valence-electron chi connectivity index (χ1n) is 6.47. The number of hydrogen-bond donors (Lipinski definition) is 0. The normalized spacial score (nSPS) is 17.5. The molecule has 1 aliphatic rings. The van der Waals surface area contributed by atoms with Crippen molar-refractivity contribution in [1.82, 2.24) is 0 Å². The van der Waals surface area contributed by atoms with Gasteiger partial charge in [-0.25, -0.2) is 8.42 Å². The van der Waals surface area contributed by atoms with Crippen LogP contribution in [0.5, 0.6) is 5.75 Å². The Kier molecular flexibility index (Phi) is 3.95. The molecule has 0 amide bonds. The molecule has 1 heterocycles. The van der Waals surface area contributed by atoms with E-state index in [4.69, 9.17) is 4.74 Å². The third-order valence-electron chi connectivity index (χ3n) is 3.19. The first kappa shape index (κ1) is 13.4. The second-order valence-corrected chi connectivity index (χ2v) is 7.30. The van der Waals surface area contributed by atoms with Crippen molar-refractivity contribution in [3.8, 4) is 5.75 Å². The van der Waals surface area contributed by atoms with Crippen molar-refractivity contribution in [3.63, 3.8) is 0 Å². The maximum absolute atomic E-state index is 11.8. The van der Waals surface area contributed by atoms with Gasteiger partial charge in [-0.3, -0.25) is 0 Å². The molecule has 0 aromatic heterocycles. The fourth-order valence-electron chi connectivity index (χ4n) is 2.12. The summed E-state index contributed by atoms with van der Waals surface area (Å²) in [5.41, 5.74) is 0.906. The number of benzene rings is 1. The fourth-order valence-corrected chi connectivity index (χ4v) is 3.70. The highest BCUT2D eigenvalue weighted by molar-refractivity contribution is 7.91. The molecular formula is C14H20O3S. The zero-order valence-corrected chi connectivity index (χ0v) is 11.8. The highest BCUT2D eigenvalue weighted by atomic mass is 32.2. The zero-order chi connectivity index (χ0) is 13.2. The minimum Gasteiger partial charge on any atom is -0.494 e. The Labute approximate surface area is 109 Å². The predicted molar refractivity (Wildman–Crippen MR) is 71.8 cm³/mol. The molecule has 0 spiro atoms. The predicted octanol–water partition coefficient (Wildman–Crippen LogP) is 2.83. The van der Waals surface area contributed by atoms with Gasteiger partial charge in [0.15, 0.2) is 9.84 Å². The van der Waals surface area contributed by atoms with Gasteiger partial charge in [0.1, 0.15) is 5.75 Å². The molecule has 0 radical (unpaired) electrons. The Hall–Kier alpha value is -1.03. The number of fused-ring (bicyclic) bond motifs is 1. The number of aryl methyl sites for hydroxylation is 1. The molecule has 0 atom stereocenters. The van der Waals surface area contributed by atoms with E-state index >= 15 is 0 Å². The van der Waals surface area contributed by atoms with E-state index in [1.807, 2.05) is 6.07 Å². The van der Waals surface area contributed by atoms with Gasteiger partial charge < -0.3 is 4.74 Å². The van der Waals surface area contributed by atoms with E-state index in [1.54, 1.807) is 12.1 Å². The molecule has 4 heteroatoms. The van der Waals surface area contributed by atoms with E-state index in [0.29, 0.717) is 23.8 Å². The molecule has 1 aromatic carbocycles. The number of rotatable bonds is 4. The molecule has 0 bridgehead atoms. The van der Waals surface area contributed by atoms with E-state index in [-0.39, 0.29) is 5.75 Å². The van der Waals surface area contributed by atoms with Gasteiger partial charge >= 0.3 is 0 Å². The first-order chi connectivity index (χ1) is 8.49. The van der Waals surface area contributed by atoms with Gasteiger partial charge in [0.2, 0.25) is 0 Å². The summed E-state index contributed by atoms with van der Waals surface area (Å²) in [6, 6.07) is 5.34. The Balaban J connectivity index is 2.13. The molecule has 100 valence electrons. The van der Waals surface area contributed by atoms with Gasteiger partial charge in [0.05, 0.1) is 17.3 Å². The molecule has 1 aliphatic heterocycles. The smallest absolute Gasteiger partial charge is 0.178 e. The summed E-state index contributed by atoms with van der Waals surface area (Å²) in [7, 11) is -3.05. The van der Waals surface area contributed by atoms with Crippen LogP contribution in [0.15, 0.2) is 23.1 Å². The Morgan fingerprint density at radius 1 is 1.33 bits per heavy atom. The van der Waals surface area contributed by atoms with Crippen molar-refractivity contribution < 1.29 is 13.2 Å². The quantitative estimate of drug-likeness (QED) is 0.843. The second-order valence-electron chi connectivity index (χ2n) is 5.22. The van der Waals surface area contributed by atoms with E-state index in [9.17, 15) is 8.42 Å². The summed E-state index contributed by atoms with van der Waals surface area (Å²) in [6.45, 7) is 4.99. The molecule has 0 unspecified atom stereocenters. The van der Waals surface area contributed by atoms with Crippen LogP contribution in [0.3, 0.4) is 0 Å². The van der Waals surface area contributed by atoms with Crippen LogP contribution in [0.4, 0.5) is 0 Å². The molecular weight excluding hydrogens is 248 g/mol. The number of ether oxygens (including phenoxy) is 1. The first-order valence-corrected chi connectivity index (χ1v) is 8.13. The molecule has 1 aromatic rings. The maximum Gasteiger partial charge on any atom is 0.178 e. The molecule has 0 saturated heterocycles. The molecule has 0 fully saturated rings. The highest BCUT2D eigenvalue weighted by Gasteiger charge is 2.23. The van der Waals surface area contributed by atoms with Gasteiger partial charge in [-0.2, -0.15) is 0 Å². The van der Waals surface area contributed by atoms with E-state index in [0.717, 1.165) is 24.2 Å². The van der Waals surface area contributed by atoms with Gasteiger partial charge in [-0.05, 0) is 48.9 Å². The van der Waals surface area contributed by atoms with Crippen molar-refractivity contribution >= 4 is 9.84 Å². The van der Waals surface area contributed by atoms with Crippen molar-refractivity contribution in [2.45, 2.75) is 38.0 Å². The van der Waals surface area contributed by atoms with Gasteiger partial charge in [-0.1, -0.05) is 13.8 Å². The van der Waals surface area contributed by atoms with Crippen LogP contribution in [0, 0.1) is 5.92 Å². The molecule has 0 saturated carbocycles. The van der Waals surface area contributed by atoms with Crippen molar-refractivity contribution in [2.75, 3.05) is 12.4 Å². The standard InChI is InChI=1S/C14H20O3S/c1-11(2)7-8-17-13-5-6-14-12(10-13)4-3-9-18(14,15)16/h5-6,10-11H,3-4,7-9H2,1-2H3. The van der Waals surface area contributed by atoms with Crippen LogP contribution in [-0.4, -0.2) is 20.8 Å². The lowest BCUT2D eigenvalue weighted by molar-refractivity contribution is 0.289. The fraction of sp³-hybridized carbons (Fsp3) is 0.571. The summed E-state index contributed by atoms with van der Waals surface area (Å²) in [5.74, 6) is 1.67. The lowest BCUT2D eigenvalue weighted by atomic mass is 10.1. The minimum absolute atomic E-state index is 0.271. The van der Waals surface area contributed by atoms with Crippen LogP contribution in [0.1, 0.15) is 32.3 Å². The lowest BCUT2D eigenvalue weighted by Crippen LogP contribution is -2.16. The maximum atomic E-state index is 11.8. The number of hydrogen-bond acceptors (Lipinski definition) is 3. The van der Waals surface area contributed by atoms with Gasteiger partial charge in [0, 0.05) is 0 Å². The average Bonchev–Trinajstić information content (AvgIpc) is 2.27. The Bertz CT molecular complexity index is 518. The molecule has 0 aliphatic carbocycles. The Morgan fingerprint density at radius 3 is 2.83 bits per heavy atom. The zero-order valence-electron chi connectivity index (χ0n) is 11.0. The van der Waals surface area contributed by atoms with Crippen LogP contribution in [-0.2, 0) is 16.3 Å². The summed E-state index contributed by atoms with van der Waals surface area (Å²) >= 11 is 0. The number of sulfone groups is 1. The average molecular weight is 268 g/mol. The largest absolute Gasteiger partial charge is 0.494 e. The van der Waals surface area contributed by atoms with E-state index < -0.39 is 9.84 Å². The van der Waals surface area contributed by atoms with Crippen LogP contribution < -0.4 is 4.74 Å². The molecule has 3 nitrogen and oxygen atoms in total. The molecule has 0 N–H and O–H groups in total. The van der Waals surface area contributed by atoms with Gasteiger partial charge in [-0.15, -0.1) is 0 Å². The molecule has 18 heavy (non-hydrogen) atoms. The van der Waals surface area contributed by atoms with Crippen molar-refractivity contribution in [3.05, 3.63) is 23.8 Å². The minimum atomic E-state index is -3.05. The summed E-state index contributed by atoms with van der Waals surface area (Å²) < 4.78 is 29.3. The second kappa shape index (κ2) is 5.31. The topological polar surface area (TPSA) is 43.4 Å². The van der Waals surface area contributed by atoms with Crippen LogP contribution in [0.25, 0.3) is 0 Å². The van der Waals surface area contributed by atoms with Crippen LogP contribution in [0.2, 0.25) is 0 Å². The van der Waals surface area contributed by atoms with E-state index in [2.05, 4.69) is 13.8 Å². The lowest BCUT2D eigenvalue weighted by Gasteiger charge is -2.17. The monoisotopic (exact) mass is 268 g/mol. The third-order valence-corrected chi connectivity index (χ3v) is 5.08. The summed E-state index contributed by atoms with van der Waals surface area (Å²) in [4.78, 5) is 0.491. The summed E-state index contributed by atoms with van der Waals surface area (Å²) in [5, 5.41) is 0. The molecule has 2 rings (SSSR count). The van der Waals surface area contributed by atoms with Crippen molar-refractivity contribution in [2.24, 2.45) is 5.92 Å².